The maximum absolute atomic E-state index is 5.94. The lowest BCUT2D eigenvalue weighted by molar-refractivity contribution is 0.284. The maximum atomic E-state index is 5.94. The number of methoxy groups -OCH3 is 1. The Kier molecular flexibility index (Phi) is 4.39. The van der Waals surface area contributed by atoms with E-state index in [4.69, 9.17) is 9.47 Å². The molecular formula is C20H21N3O2. The van der Waals surface area contributed by atoms with Crippen molar-refractivity contribution >= 4 is 0 Å². The van der Waals surface area contributed by atoms with Crippen molar-refractivity contribution in [3.05, 3.63) is 77.4 Å². The van der Waals surface area contributed by atoms with Crippen LogP contribution in [0.5, 0.6) is 11.5 Å². The number of rotatable bonds is 5. The van der Waals surface area contributed by atoms with E-state index in [0.717, 1.165) is 41.3 Å². The first-order chi connectivity index (χ1) is 12.3. The number of nitrogens with zero attached hydrogens (tertiary/aromatic N) is 1. The molecule has 5 nitrogen and oxygen atoms in total. The molecule has 0 saturated carbocycles. The summed E-state index contributed by atoms with van der Waals surface area (Å²) in [5.41, 5.74) is 4.51. The van der Waals surface area contributed by atoms with Gasteiger partial charge in [0.15, 0.2) is 11.5 Å². The number of aromatic amines is 1. The Hall–Kier alpha value is -2.79. The Morgan fingerprint density at radius 3 is 2.84 bits per heavy atom. The molecule has 1 aliphatic rings. The van der Waals surface area contributed by atoms with E-state index in [9.17, 15) is 0 Å². The largest absolute Gasteiger partial charge is 0.493 e. The lowest BCUT2D eigenvalue weighted by atomic mass is 9.97. The van der Waals surface area contributed by atoms with Crippen molar-refractivity contribution in [2.24, 2.45) is 0 Å². The standard InChI is InChI=1S/C20H21N3O2/c1-24-18-11-15(19-20-16(9-10-21-19)22-13-23-20)7-8-17(18)25-12-14-5-3-2-4-6-14/h2-8,11,13,19,21H,9-10,12H2,1H3,(H,22,23). The molecular weight excluding hydrogens is 314 g/mol. The minimum absolute atomic E-state index is 0.0760. The summed E-state index contributed by atoms with van der Waals surface area (Å²) >= 11 is 0. The van der Waals surface area contributed by atoms with Gasteiger partial charge >= 0.3 is 0 Å². The second-order valence-electron chi connectivity index (χ2n) is 6.09. The maximum Gasteiger partial charge on any atom is 0.161 e. The fraction of sp³-hybridized carbons (Fsp3) is 0.250. The van der Waals surface area contributed by atoms with Crippen LogP contribution >= 0.6 is 0 Å². The molecule has 0 fully saturated rings. The quantitative estimate of drug-likeness (QED) is 0.751. The van der Waals surface area contributed by atoms with E-state index in [1.807, 2.05) is 42.5 Å². The average Bonchev–Trinajstić information content (AvgIpc) is 3.16. The Labute approximate surface area is 147 Å². The molecule has 3 aromatic rings. The molecule has 0 radical (unpaired) electrons. The molecule has 5 heteroatoms. The second kappa shape index (κ2) is 6.99. The van der Waals surface area contributed by atoms with Gasteiger partial charge in [0.2, 0.25) is 0 Å². The van der Waals surface area contributed by atoms with Crippen molar-refractivity contribution in [2.45, 2.75) is 19.1 Å². The van der Waals surface area contributed by atoms with Crippen LogP contribution in [0.1, 0.15) is 28.6 Å². The first kappa shape index (κ1) is 15.7. The van der Waals surface area contributed by atoms with Gasteiger partial charge < -0.3 is 19.8 Å². The molecule has 0 bridgehead atoms. The highest BCUT2D eigenvalue weighted by molar-refractivity contribution is 5.46. The smallest absolute Gasteiger partial charge is 0.161 e. The summed E-state index contributed by atoms with van der Waals surface area (Å²) in [7, 11) is 1.67. The van der Waals surface area contributed by atoms with Crippen LogP contribution in [0.2, 0.25) is 0 Å². The number of aromatic nitrogens is 2. The second-order valence-corrected chi connectivity index (χ2v) is 6.09. The Morgan fingerprint density at radius 2 is 2.00 bits per heavy atom. The van der Waals surface area contributed by atoms with Gasteiger partial charge in [-0.3, -0.25) is 0 Å². The van der Waals surface area contributed by atoms with E-state index in [1.54, 1.807) is 13.4 Å². The molecule has 25 heavy (non-hydrogen) atoms. The lowest BCUT2D eigenvalue weighted by Crippen LogP contribution is -2.30. The Bertz CT molecular complexity index is 845. The van der Waals surface area contributed by atoms with Crippen molar-refractivity contribution in [2.75, 3.05) is 13.7 Å². The van der Waals surface area contributed by atoms with Gasteiger partial charge in [-0.05, 0) is 23.3 Å². The average molecular weight is 335 g/mol. The third-order valence-electron chi connectivity index (χ3n) is 4.51. The van der Waals surface area contributed by atoms with Crippen molar-refractivity contribution in [3.8, 4) is 11.5 Å². The summed E-state index contributed by atoms with van der Waals surface area (Å²) in [5, 5.41) is 3.53. The minimum Gasteiger partial charge on any atom is -0.493 e. The number of nitrogens with one attached hydrogen (secondary N) is 2. The van der Waals surface area contributed by atoms with E-state index in [2.05, 4.69) is 21.4 Å². The molecule has 2 N–H and O–H groups in total. The van der Waals surface area contributed by atoms with Crippen LogP contribution in [0.25, 0.3) is 0 Å². The van der Waals surface area contributed by atoms with E-state index < -0.39 is 0 Å². The molecule has 0 amide bonds. The van der Waals surface area contributed by atoms with Gasteiger partial charge in [0.1, 0.15) is 6.61 Å². The van der Waals surface area contributed by atoms with Crippen LogP contribution in [0.3, 0.4) is 0 Å². The molecule has 1 unspecified atom stereocenters. The van der Waals surface area contributed by atoms with Gasteiger partial charge in [0, 0.05) is 18.7 Å². The highest BCUT2D eigenvalue weighted by Gasteiger charge is 2.24. The minimum atomic E-state index is 0.0760. The molecule has 1 atom stereocenters. The van der Waals surface area contributed by atoms with Gasteiger partial charge in [0.25, 0.3) is 0 Å². The topological polar surface area (TPSA) is 59.2 Å². The number of fused-ring (bicyclic) bond motifs is 1. The molecule has 0 aliphatic carbocycles. The molecule has 2 heterocycles. The van der Waals surface area contributed by atoms with Gasteiger partial charge in [-0.15, -0.1) is 0 Å². The first-order valence-corrected chi connectivity index (χ1v) is 8.45. The van der Waals surface area contributed by atoms with Crippen LogP contribution < -0.4 is 14.8 Å². The number of hydrogen-bond acceptors (Lipinski definition) is 4. The van der Waals surface area contributed by atoms with E-state index in [1.165, 1.54) is 5.69 Å². The molecule has 0 spiro atoms. The van der Waals surface area contributed by atoms with Crippen LogP contribution in [-0.2, 0) is 13.0 Å². The third kappa shape index (κ3) is 3.23. The number of benzene rings is 2. The molecule has 4 rings (SSSR count). The fourth-order valence-electron chi connectivity index (χ4n) is 3.21. The predicted molar refractivity (Wildman–Crippen MR) is 95.9 cm³/mol. The van der Waals surface area contributed by atoms with E-state index in [0.29, 0.717) is 6.61 Å². The SMILES string of the molecule is COc1cc(C2NCCc3[nH]cnc32)ccc1OCc1ccccc1. The monoisotopic (exact) mass is 335 g/mol. The van der Waals surface area contributed by atoms with E-state index >= 15 is 0 Å². The van der Waals surface area contributed by atoms with Crippen LogP contribution in [0.4, 0.5) is 0 Å². The van der Waals surface area contributed by atoms with Crippen molar-refractivity contribution < 1.29 is 9.47 Å². The molecule has 1 aromatic heterocycles. The zero-order valence-corrected chi connectivity index (χ0v) is 14.2. The van der Waals surface area contributed by atoms with Crippen molar-refractivity contribution in [1.82, 2.24) is 15.3 Å². The summed E-state index contributed by atoms with van der Waals surface area (Å²) < 4.78 is 11.5. The first-order valence-electron chi connectivity index (χ1n) is 8.45. The van der Waals surface area contributed by atoms with Crippen LogP contribution in [0.15, 0.2) is 54.9 Å². The molecule has 0 saturated heterocycles. The number of hydrogen-bond donors (Lipinski definition) is 2. The van der Waals surface area contributed by atoms with Crippen LogP contribution in [-0.4, -0.2) is 23.6 Å². The number of imidazole rings is 1. The van der Waals surface area contributed by atoms with Gasteiger partial charge in [-0.1, -0.05) is 36.4 Å². The zero-order chi connectivity index (χ0) is 17.1. The number of ether oxygens (including phenoxy) is 2. The van der Waals surface area contributed by atoms with Crippen LogP contribution in [0, 0.1) is 0 Å². The zero-order valence-electron chi connectivity index (χ0n) is 14.2. The lowest BCUT2D eigenvalue weighted by Gasteiger charge is -2.24. The number of H-pyrrole nitrogens is 1. The van der Waals surface area contributed by atoms with Gasteiger partial charge in [-0.25, -0.2) is 4.98 Å². The summed E-state index contributed by atoms with van der Waals surface area (Å²) in [6, 6.07) is 16.3. The fourth-order valence-corrected chi connectivity index (χ4v) is 3.21. The summed E-state index contributed by atoms with van der Waals surface area (Å²) in [4.78, 5) is 7.71. The van der Waals surface area contributed by atoms with Crippen molar-refractivity contribution in [1.29, 1.82) is 0 Å². The van der Waals surface area contributed by atoms with Gasteiger partial charge in [-0.2, -0.15) is 0 Å². The Morgan fingerprint density at radius 1 is 1.12 bits per heavy atom. The molecule has 128 valence electrons. The van der Waals surface area contributed by atoms with Gasteiger partial charge in [0.05, 0.1) is 25.2 Å². The summed E-state index contributed by atoms with van der Waals surface area (Å²) in [6.07, 6.45) is 2.74. The molecule has 1 aliphatic heterocycles. The summed E-state index contributed by atoms with van der Waals surface area (Å²) in [6.45, 7) is 1.44. The highest BCUT2D eigenvalue weighted by Crippen LogP contribution is 2.34. The molecule has 2 aromatic carbocycles. The van der Waals surface area contributed by atoms with Crippen molar-refractivity contribution in [3.63, 3.8) is 0 Å². The third-order valence-corrected chi connectivity index (χ3v) is 4.51. The highest BCUT2D eigenvalue weighted by atomic mass is 16.5. The predicted octanol–water partition coefficient (Wildman–Crippen LogP) is 3.23. The summed E-state index contributed by atoms with van der Waals surface area (Å²) in [5.74, 6) is 1.48. The normalized spacial score (nSPS) is 16.3. The Balaban J connectivity index is 1.56. The van der Waals surface area contributed by atoms with E-state index in [-0.39, 0.29) is 6.04 Å².